The molecule has 1 aromatic heterocycles. The maximum absolute atomic E-state index is 11.5. The molecule has 1 N–H and O–H groups in total. The van der Waals surface area contributed by atoms with Crippen LogP contribution in [0.5, 0.6) is 0 Å². The first-order chi connectivity index (χ1) is 7.22. The fourth-order valence-electron chi connectivity index (χ4n) is 1.59. The van der Waals surface area contributed by atoms with E-state index in [0.29, 0.717) is 19.7 Å². The molecule has 0 amide bonds. The largest absolute Gasteiger partial charge is 0.466 e. The minimum atomic E-state index is -0.165. The molecule has 1 aromatic rings. The smallest absolute Gasteiger partial charge is 0.312 e. The van der Waals surface area contributed by atoms with Gasteiger partial charge in [-0.25, -0.2) is 4.68 Å². The van der Waals surface area contributed by atoms with Crippen LogP contribution in [0.15, 0.2) is 10.7 Å². The van der Waals surface area contributed by atoms with E-state index in [4.69, 9.17) is 4.74 Å². The Hall–Kier alpha value is -1.04. The van der Waals surface area contributed by atoms with E-state index in [2.05, 4.69) is 26.3 Å². The van der Waals surface area contributed by atoms with Gasteiger partial charge in [0.2, 0.25) is 0 Å². The highest BCUT2D eigenvalue weighted by Gasteiger charge is 2.27. The number of nitrogens with zero attached hydrogens (tertiary/aromatic N) is 2. The maximum atomic E-state index is 11.5. The molecule has 2 rings (SSSR count). The summed E-state index contributed by atoms with van der Waals surface area (Å²) in [5.41, 5.74) is 0. The molecule has 15 heavy (non-hydrogen) atoms. The summed E-state index contributed by atoms with van der Waals surface area (Å²) in [6.45, 7) is 3.41. The van der Waals surface area contributed by atoms with Crippen LogP contribution < -0.4 is 5.32 Å². The van der Waals surface area contributed by atoms with E-state index >= 15 is 0 Å². The number of ether oxygens (including phenoxy) is 1. The van der Waals surface area contributed by atoms with Gasteiger partial charge in [-0.2, -0.15) is 5.10 Å². The predicted octanol–water partition coefficient (Wildman–Crippen LogP) is 1.25. The molecule has 0 bridgehead atoms. The average molecular weight is 274 g/mol. The molecule has 1 atom stereocenters. The van der Waals surface area contributed by atoms with Crippen LogP contribution >= 0.6 is 15.9 Å². The zero-order valence-corrected chi connectivity index (χ0v) is 9.95. The van der Waals surface area contributed by atoms with Crippen molar-refractivity contribution in [2.24, 2.45) is 5.92 Å². The highest BCUT2D eigenvalue weighted by Crippen LogP contribution is 2.26. The molecular weight excluding hydrogens is 262 g/mol. The van der Waals surface area contributed by atoms with Gasteiger partial charge in [0.15, 0.2) is 0 Å². The van der Waals surface area contributed by atoms with Gasteiger partial charge in [-0.3, -0.25) is 4.79 Å². The summed E-state index contributed by atoms with van der Waals surface area (Å²) in [5.74, 6) is 0.613. The number of carbonyl (C=O) groups excluding carboxylic acids is 1. The van der Waals surface area contributed by atoms with Crippen LogP contribution in [0.3, 0.4) is 0 Å². The number of hydrogen-bond acceptors (Lipinski definition) is 4. The van der Waals surface area contributed by atoms with Crippen molar-refractivity contribution in [1.29, 1.82) is 0 Å². The van der Waals surface area contributed by atoms with Crippen molar-refractivity contribution in [3.63, 3.8) is 0 Å². The molecule has 0 radical (unpaired) electrons. The Labute approximate surface area is 95.9 Å². The average Bonchev–Trinajstić information content (AvgIpc) is 2.60. The molecule has 2 heterocycles. The SMILES string of the molecule is CCOC(=O)C1CNc2c(Br)cnn2C1. The molecule has 5 nitrogen and oxygen atoms in total. The Bertz CT molecular complexity index is 377. The number of anilines is 1. The Kier molecular flexibility index (Phi) is 2.95. The van der Waals surface area contributed by atoms with Crippen molar-refractivity contribution < 1.29 is 9.53 Å². The fourth-order valence-corrected chi connectivity index (χ4v) is 2.02. The minimum Gasteiger partial charge on any atom is -0.466 e. The third kappa shape index (κ3) is 1.99. The molecule has 82 valence electrons. The lowest BCUT2D eigenvalue weighted by molar-refractivity contribution is -0.148. The van der Waals surface area contributed by atoms with E-state index in [1.807, 2.05) is 6.92 Å². The van der Waals surface area contributed by atoms with Gasteiger partial charge in [0, 0.05) is 6.54 Å². The third-order valence-electron chi connectivity index (χ3n) is 2.32. The number of nitrogens with one attached hydrogen (secondary N) is 1. The van der Waals surface area contributed by atoms with Gasteiger partial charge in [0.1, 0.15) is 5.82 Å². The number of esters is 1. The monoisotopic (exact) mass is 273 g/mol. The van der Waals surface area contributed by atoms with E-state index in [9.17, 15) is 4.79 Å². The number of rotatable bonds is 2. The highest BCUT2D eigenvalue weighted by atomic mass is 79.9. The summed E-state index contributed by atoms with van der Waals surface area (Å²) < 4.78 is 7.67. The minimum absolute atomic E-state index is 0.149. The van der Waals surface area contributed by atoms with Gasteiger partial charge in [-0.1, -0.05) is 0 Å². The number of carbonyl (C=O) groups is 1. The summed E-state index contributed by atoms with van der Waals surface area (Å²) in [6, 6.07) is 0. The number of halogens is 1. The molecule has 0 fully saturated rings. The molecule has 0 aliphatic carbocycles. The summed E-state index contributed by atoms with van der Waals surface area (Å²) in [6.07, 6.45) is 1.72. The molecule has 1 aliphatic heterocycles. The summed E-state index contributed by atoms with van der Waals surface area (Å²) in [7, 11) is 0. The van der Waals surface area contributed by atoms with Gasteiger partial charge < -0.3 is 10.1 Å². The first-order valence-corrected chi connectivity index (χ1v) is 5.63. The second-order valence-corrected chi connectivity index (χ2v) is 4.21. The topological polar surface area (TPSA) is 56.1 Å². The van der Waals surface area contributed by atoms with Crippen LogP contribution in [0.2, 0.25) is 0 Å². The van der Waals surface area contributed by atoms with Gasteiger partial charge >= 0.3 is 5.97 Å². The lowest BCUT2D eigenvalue weighted by Gasteiger charge is -2.23. The molecule has 0 saturated heterocycles. The molecule has 1 aliphatic rings. The van der Waals surface area contributed by atoms with E-state index in [1.165, 1.54) is 0 Å². The van der Waals surface area contributed by atoms with E-state index in [1.54, 1.807) is 10.9 Å². The zero-order chi connectivity index (χ0) is 10.8. The van der Waals surface area contributed by atoms with E-state index in [-0.39, 0.29) is 11.9 Å². The quantitative estimate of drug-likeness (QED) is 0.825. The van der Waals surface area contributed by atoms with Crippen LogP contribution in [0, 0.1) is 5.92 Å². The molecular formula is C9H12BrN3O2. The molecule has 1 unspecified atom stereocenters. The summed E-state index contributed by atoms with van der Waals surface area (Å²) in [4.78, 5) is 11.5. The lowest BCUT2D eigenvalue weighted by Crippen LogP contribution is -2.34. The summed E-state index contributed by atoms with van der Waals surface area (Å²) in [5, 5.41) is 7.30. The predicted molar refractivity (Wildman–Crippen MR) is 58.5 cm³/mol. The lowest BCUT2D eigenvalue weighted by atomic mass is 10.1. The number of aromatic nitrogens is 2. The number of fused-ring (bicyclic) bond motifs is 1. The molecule has 6 heteroatoms. The van der Waals surface area contributed by atoms with Gasteiger partial charge in [0.25, 0.3) is 0 Å². The first-order valence-electron chi connectivity index (χ1n) is 4.84. The van der Waals surface area contributed by atoms with Crippen LogP contribution in [-0.2, 0) is 16.1 Å². The zero-order valence-electron chi connectivity index (χ0n) is 8.36. The first kappa shape index (κ1) is 10.5. The van der Waals surface area contributed by atoms with Crippen molar-refractivity contribution in [3.05, 3.63) is 10.7 Å². The van der Waals surface area contributed by atoms with Crippen molar-refractivity contribution in [2.45, 2.75) is 13.5 Å². The molecule has 0 saturated carbocycles. The van der Waals surface area contributed by atoms with Gasteiger partial charge in [0.05, 0.1) is 29.7 Å². The fraction of sp³-hybridized carbons (Fsp3) is 0.556. The second-order valence-electron chi connectivity index (χ2n) is 3.35. The standard InChI is InChI=1S/C9H12BrN3O2/c1-2-15-9(14)6-3-11-8-7(10)4-12-13(8)5-6/h4,6,11H,2-3,5H2,1H3. The van der Waals surface area contributed by atoms with Crippen molar-refractivity contribution in [3.8, 4) is 0 Å². The third-order valence-corrected chi connectivity index (χ3v) is 2.90. The van der Waals surface area contributed by atoms with Crippen LogP contribution in [0.1, 0.15) is 6.92 Å². The van der Waals surface area contributed by atoms with Crippen molar-refractivity contribution in [1.82, 2.24) is 9.78 Å². The van der Waals surface area contributed by atoms with Crippen LogP contribution in [0.4, 0.5) is 5.82 Å². The Morgan fingerprint density at radius 3 is 3.40 bits per heavy atom. The van der Waals surface area contributed by atoms with Crippen LogP contribution in [0.25, 0.3) is 0 Å². The Morgan fingerprint density at radius 2 is 2.67 bits per heavy atom. The Morgan fingerprint density at radius 1 is 1.87 bits per heavy atom. The van der Waals surface area contributed by atoms with E-state index in [0.717, 1.165) is 10.3 Å². The highest BCUT2D eigenvalue weighted by molar-refractivity contribution is 9.10. The Balaban J connectivity index is 2.09. The van der Waals surface area contributed by atoms with Crippen LogP contribution in [-0.4, -0.2) is 28.9 Å². The number of hydrogen-bond donors (Lipinski definition) is 1. The molecule has 0 spiro atoms. The maximum Gasteiger partial charge on any atom is 0.312 e. The second kappa shape index (κ2) is 4.22. The van der Waals surface area contributed by atoms with Crippen molar-refractivity contribution in [2.75, 3.05) is 18.5 Å². The molecule has 0 aromatic carbocycles. The summed E-state index contributed by atoms with van der Waals surface area (Å²) >= 11 is 3.38. The normalized spacial score (nSPS) is 19.2. The van der Waals surface area contributed by atoms with E-state index < -0.39 is 0 Å². The van der Waals surface area contributed by atoms with Gasteiger partial charge in [-0.05, 0) is 22.9 Å². The van der Waals surface area contributed by atoms with Crippen molar-refractivity contribution >= 4 is 27.7 Å². The van der Waals surface area contributed by atoms with Gasteiger partial charge in [-0.15, -0.1) is 0 Å².